The van der Waals surface area contributed by atoms with Gasteiger partial charge in [-0.15, -0.1) is 0 Å². The summed E-state index contributed by atoms with van der Waals surface area (Å²) in [6.45, 7) is 1.42. The van der Waals surface area contributed by atoms with Gasteiger partial charge in [0.2, 0.25) is 0 Å². The second-order valence-electron chi connectivity index (χ2n) is 4.75. The van der Waals surface area contributed by atoms with Crippen molar-refractivity contribution in [3.63, 3.8) is 0 Å². The van der Waals surface area contributed by atoms with E-state index in [2.05, 4.69) is 34.6 Å². The topological polar surface area (TPSA) is 27.8 Å². The van der Waals surface area contributed by atoms with Gasteiger partial charge in [0.25, 0.3) is 0 Å². The lowest BCUT2D eigenvalue weighted by atomic mass is 10.1. The fourth-order valence-electron chi connectivity index (χ4n) is 2.21. The summed E-state index contributed by atoms with van der Waals surface area (Å²) in [6, 6.07) is 13.1. The first kappa shape index (κ1) is 13.2. The molecule has 3 aromatic rings. The molecule has 0 spiro atoms. The van der Waals surface area contributed by atoms with Crippen molar-refractivity contribution in [3.05, 3.63) is 70.6 Å². The molecule has 0 radical (unpaired) electrons. The van der Waals surface area contributed by atoms with Crippen LogP contribution in [0.25, 0.3) is 10.9 Å². The molecule has 0 unspecified atom stereocenters. The Balaban J connectivity index is 1.62. The van der Waals surface area contributed by atoms with Gasteiger partial charge in [-0.25, -0.2) is 4.39 Å². The average molecular weight is 289 g/mol. The van der Waals surface area contributed by atoms with Crippen molar-refractivity contribution in [1.82, 2.24) is 10.3 Å². The van der Waals surface area contributed by atoms with E-state index in [1.165, 1.54) is 17.0 Å². The molecule has 4 heteroatoms. The van der Waals surface area contributed by atoms with Crippen molar-refractivity contribution in [2.24, 2.45) is 0 Å². The number of fused-ring (bicyclic) bond motifs is 1. The smallest absolute Gasteiger partial charge is 0.141 e. The van der Waals surface area contributed by atoms with E-state index in [-0.39, 0.29) is 10.8 Å². The number of benzene rings is 2. The van der Waals surface area contributed by atoms with Gasteiger partial charge in [0.05, 0.1) is 5.02 Å². The highest BCUT2D eigenvalue weighted by atomic mass is 35.5. The van der Waals surface area contributed by atoms with Crippen LogP contribution < -0.4 is 5.32 Å². The molecule has 0 aliphatic rings. The minimum atomic E-state index is -0.381. The minimum absolute atomic E-state index is 0.165. The summed E-state index contributed by atoms with van der Waals surface area (Å²) in [4.78, 5) is 3.17. The monoisotopic (exact) mass is 288 g/mol. The molecule has 1 heterocycles. The lowest BCUT2D eigenvalue weighted by molar-refractivity contribution is 0.625. The molecule has 102 valence electrons. The van der Waals surface area contributed by atoms with Crippen molar-refractivity contribution >= 4 is 22.5 Å². The molecular weight excluding hydrogens is 275 g/mol. The Morgan fingerprint density at radius 1 is 1.00 bits per heavy atom. The number of nitrogens with one attached hydrogen (secondary N) is 2. The molecule has 0 atom stereocenters. The summed E-state index contributed by atoms with van der Waals surface area (Å²) in [7, 11) is 0. The van der Waals surface area contributed by atoms with Crippen LogP contribution in [0.2, 0.25) is 5.02 Å². The van der Waals surface area contributed by atoms with Crippen LogP contribution in [-0.4, -0.2) is 4.98 Å². The third-order valence-corrected chi connectivity index (χ3v) is 3.55. The van der Waals surface area contributed by atoms with Crippen molar-refractivity contribution in [3.8, 4) is 0 Å². The molecule has 0 fully saturated rings. The number of aromatic nitrogens is 1. The predicted molar refractivity (Wildman–Crippen MR) is 80.3 cm³/mol. The second-order valence-corrected chi connectivity index (χ2v) is 5.16. The zero-order chi connectivity index (χ0) is 13.9. The Kier molecular flexibility index (Phi) is 3.72. The fraction of sp³-hybridized carbons (Fsp3) is 0.125. The number of rotatable bonds is 4. The summed E-state index contributed by atoms with van der Waals surface area (Å²) in [5.41, 5.74) is 3.32. The second kappa shape index (κ2) is 5.65. The van der Waals surface area contributed by atoms with Crippen LogP contribution in [0.3, 0.4) is 0 Å². The molecule has 0 saturated carbocycles. The molecule has 20 heavy (non-hydrogen) atoms. The first-order valence-corrected chi connectivity index (χ1v) is 6.81. The molecular formula is C16H14ClFN2. The molecule has 0 amide bonds. The van der Waals surface area contributed by atoms with E-state index in [1.54, 1.807) is 12.1 Å². The first-order chi connectivity index (χ1) is 9.72. The molecule has 2 N–H and O–H groups in total. The number of hydrogen-bond acceptors (Lipinski definition) is 1. The average Bonchev–Trinajstić information content (AvgIpc) is 2.90. The summed E-state index contributed by atoms with van der Waals surface area (Å²) >= 11 is 5.76. The zero-order valence-electron chi connectivity index (χ0n) is 10.8. The third-order valence-electron chi connectivity index (χ3n) is 3.26. The summed E-state index contributed by atoms with van der Waals surface area (Å²) in [6.07, 6.45) is 1.93. The van der Waals surface area contributed by atoms with Crippen LogP contribution in [-0.2, 0) is 13.1 Å². The number of halogens is 2. The van der Waals surface area contributed by atoms with Crippen LogP contribution in [0.4, 0.5) is 4.39 Å². The highest BCUT2D eigenvalue weighted by molar-refractivity contribution is 6.30. The maximum atomic E-state index is 13.0. The summed E-state index contributed by atoms with van der Waals surface area (Å²) < 4.78 is 13.0. The number of hydrogen-bond donors (Lipinski definition) is 2. The standard InChI is InChI=1S/C16H14ClFN2/c17-14-8-12(1-3-15(14)18)10-19-9-11-2-4-16-13(7-11)5-6-20-16/h1-8,19-20H,9-10H2. The van der Waals surface area contributed by atoms with E-state index in [9.17, 15) is 4.39 Å². The van der Waals surface area contributed by atoms with Gasteiger partial charge in [-0.2, -0.15) is 0 Å². The number of H-pyrrole nitrogens is 1. The normalized spacial score (nSPS) is 11.1. The molecule has 2 aromatic carbocycles. The highest BCUT2D eigenvalue weighted by Gasteiger charge is 2.01. The van der Waals surface area contributed by atoms with Gasteiger partial charge in [-0.3, -0.25) is 0 Å². The van der Waals surface area contributed by atoms with E-state index in [0.29, 0.717) is 6.54 Å². The van der Waals surface area contributed by atoms with Crippen LogP contribution in [0.15, 0.2) is 48.7 Å². The van der Waals surface area contributed by atoms with Crippen molar-refractivity contribution in [1.29, 1.82) is 0 Å². The molecule has 2 nitrogen and oxygen atoms in total. The third kappa shape index (κ3) is 2.84. The highest BCUT2D eigenvalue weighted by Crippen LogP contribution is 2.16. The zero-order valence-corrected chi connectivity index (χ0v) is 11.5. The van der Waals surface area contributed by atoms with Gasteiger partial charge in [0.15, 0.2) is 0 Å². The van der Waals surface area contributed by atoms with Crippen LogP contribution in [0.1, 0.15) is 11.1 Å². The van der Waals surface area contributed by atoms with E-state index in [4.69, 9.17) is 11.6 Å². The molecule has 1 aromatic heterocycles. The Morgan fingerprint density at radius 3 is 2.55 bits per heavy atom. The SMILES string of the molecule is Fc1ccc(CNCc2ccc3[nH]ccc3c2)cc1Cl. The minimum Gasteiger partial charge on any atom is -0.361 e. The van der Waals surface area contributed by atoms with Crippen LogP contribution >= 0.6 is 11.6 Å². The molecule has 0 aliphatic heterocycles. The first-order valence-electron chi connectivity index (χ1n) is 6.43. The fourth-order valence-corrected chi connectivity index (χ4v) is 2.42. The van der Waals surface area contributed by atoms with E-state index in [1.807, 2.05) is 6.20 Å². The Morgan fingerprint density at radius 2 is 1.75 bits per heavy atom. The van der Waals surface area contributed by atoms with Gasteiger partial charge in [0, 0.05) is 24.8 Å². The van der Waals surface area contributed by atoms with E-state index < -0.39 is 0 Å². The van der Waals surface area contributed by atoms with Crippen molar-refractivity contribution in [2.75, 3.05) is 0 Å². The molecule has 0 bridgehead atoms. The van der Waals surface area contributed by atoms with Gasteiger partial charge in [-0.05, 0) is 46.8 Å². The quantitative estimate of drug-likeness (QED) is 0.738. The number of aromatic amines is 1. The maximum absolute atomic E-state index is 13.0. The van der Waals surface area contributed by atoms with Gasteiger partial charge in [0.1, 0.15) is 5.82 Å². The molecule has 0 aliphatic carbocycles. The summed E-state index contributed by atoms with van der Waals surface area (Å²) in [5.74, 6) is -0.381. The Bertz CT molecular complexity index is 736. The predicted octanol–water partition coefficient (Wildman–Crippen LogP) is 4.25. The lowest BCUT2D eigenvalue weighted by Crippen LogP contribution is -2.12. The Hall–Kier alpha value is -1.84. The van der Waals surface area contributed by atoms with Crippen molar-refractivity contribution in [2.45, 2.75) is 13.1 Å². The van der Waals surface area contributed by atoms with E-state index in [0.717, 1.165) is 17.6 Å². The Labute approximate surface area is 121 Å². The van der Waals surface area contributed by atoms with Crippen LogP contribution in [0.5, 0.6) is 0 Å². The van der Waals surface area contributed by atoms with Crippen LogP contribution in [0, 0.1) is 5.82 Å². The molecule has 3 rings (SSSR count). The molecule has 0 saturated heterocycles. The largest absolute Gasteiger partial charge is 0.361 e. The van der Waals surface area contributed by atoms with Gasteiger partial charge < -0.3 is 10.3 Å². The van der Waals surface area contributed by atoms with Gasteiger partial charge >= 0.3 is 0 Å². The van der Waals surface area contributed by atoms with Crippen molar-refractivity contribution < 1.29 is 4.39 Å². The van der Waals surface area contributed by atoms with E-state index >= 15 is 0 Å². The summed E-state index contributed by atoms with van der Waals surface area (Å²) in [5, 5.41) is 4.70. The maximum Gasteiger partial charge on any atom is 0.141 e. The van der Waals surface area contributed by atoms with Gasteiger partial charge in [-0.1, -0.05) is 23.7 Å². The lowest BCUT2D eigenvalue weighted by Gasteiger charge is -2.06.